The molecule has 0 saturated carbocycles. The van der Waals surface area contributed by atoms with Crippen LogP contribution < -0.4 is 0 Å². The zero-order valence-electron chi connectivity index (χ0n) is 8.38. The molecule has 0 radical (unpaired) electrons. The molecule has 0 heterocycles. The predicted molar refractivity (Wildman–Crippen MR) is 50.6 cm³/mol. The molecule has 0 fully saturated rings. The number of hydrogen-bond donors (Lipinski definition) is 1. The van der Waals surface area contributed by atoms with Crippen LogP contribution in [0.15, 0.2) is 0 Å². The molecule has 0 bridgehead atoms. The highest BCUT2D eigenvalue weighted by Crippen LogP contribution is 2.22. The summed E-state index contributed by atoms with van der Waals surface area (Å²) in [6, 6.07) is 0. The average molecular weight is 186 g/mol. The molecule has 0 aliphatic rings. The highest BCUT2D eigenvalue weighted by Gasteiger charge is 2.31. The minimum absolute atomic E-state index is 0.450. The fourth-order valence-corrected chi connectivity index (χ4v) is 1.14. The minimum Gasteiger partial charge on any atom is -0.481 e. The van der Waals surface area contributed by atoms with Crippen LogP contribution in [-0.4, -0.2) is 17.4 Å². The molecule has 3 nitrogen and oxygen atoms in total. The number of carbonyl (C=O) groups excluding carboxylic acids is 1. The molecular weight excluding hydrogens is 168 g/mol. The molecule has 0 aromatic carbocycles. The molecule has 1 unspecified atom stereocenters. The van der Waals surface area contributed by atoms with Crippen LogP contribution in [0.25, 0.3) is 0 Å². The van der Waals surface area contributed by atoms with Gasteiger partial charge in [-0.3, -0.25) is 4.79 Å². The quantitative estimate of drug-likeness (QED) is 0.377. The summed E-state index contributed by atoms with van der Waals surface area (Å²) < 4.78 is 0. The van der Waals surface area contributed by atoms with E-state index in [1.54, 1.807) is 0 Å². The molecule has 0 aliphatic heterocycles. The third kappa shape index (κ3) is 4.06. The van der Waals surface area contributed by atoms with Crippen LogP contribution in [0.2, 0.25) is 0 Å². The lowest BCUT2D eigenvalue weighted by Crippen LogP contribution is -2.28. The number of carbonyl (C=O) groups is 2. The first-order valence-electron chi connectivity index (χ1n) is 4.76. The van der Waals surface area contributed by atoms with Crippen LogP contribution in [0.5, 0.6) is 0 Å². The lowest BCUT2D eigenvalue weighted by molar-refractivity contribution is -0.150. The Bertz CT molecular complexity index is 177. The summed E-state index contributed by atoms with van der Waals surface area (Å²) in [6.45, 7) is 3.57. The van der Waals surface area contributed by atoms with Crippen LogP contribution in [0.4, 0.5) is 0 Å². The molecule has 76 valence electrons. The summed E-state index contributed by atoms with van der Waals surface area (Å²) in [5, 5.41) is 8.76. The Labute approximate surface area is 79.1 Å². The maximum atomic E-state index is 10.7. The van der Waals surface area contributed by atoms with Crippen molar-refractivity contribution in [2.75, 3.05) is 0 Å². The zero-order chi connectivity index (χ0) is 10.3. The van der Waals surface area contributed by atoms with Crippen molar-refractivity contribution in [2.24, 2.45) is 5.41 Å². The van der Waals surface area contributed by atoms with E-state index < -0.39 is 11.4 Å². The summed E-state index contributed by atoms with van der Waals surface area (Å²) in [4.78, 5) is 21.2. The molecule has 0 spiro atoms. The van der Waals surface area contributed by atoms with Gasteiger partial charge in [0, 0.05) is 0 Å². The monoisotopic (exact) mass is 186 g/mol. The molecule has 1 atom stereocenters. The second kappa shape index (κ2) is 5.73. The maximum Gasteiger partial charge on any atom is 0.316 e. The molecule has 0 saturated heterocycles. The van der Waals surface area contributed by atoms with Crippen molar-refractivity contribution >= 4 is 12.3 Å². The number of aldehydes is 1. The predicted octanol–water partition coefficient (Wildman–Crippen LogP) is 2.25. The van der Waals surface area contributed by atoms with Crippen LogP contribution in [0.3, 0.4) is 0 Å². The highest BCUT2D eigenvalue weighted by molar-refractivity contribution is 5.91. The highest BCUT2D eigenvalue weighted by atomic mass is 16.4. The van der Waals surface area contributed by atoms with Gasteiger partial charge >= 0.3 is 5.97 Å². The van der Waals surface area contributed by atoms with E-state index in [9.17, 15) is 9.59 Å². The lowest BCUT2D eigenvalue weighted by atomic mass is 9.86. The summed E-state index contributed by atoms with van der Waals surface area (Å²) in [5.74, 6) is -1.01. The molecule has 3 heteroatoms. The Morgan fingerprint density at radius 3 is 2.38 bits per heavy atom. The number of carboxylic acids is 1. The molecular formula is C10H18O3. The Hall–Kier alpha value is -0.860. The van der Waals surface area contributed by atoms with Gasteiger partial charge in [0.15, 0.2) is 0 Å². The maximum absolute atomic E-state index is 10.7. The van der Waals surface area contributed by atoms with Crippen molar-refractivity contribution in [3.05, 3.63) is 0 Å². The summed E-state index contributed by atoms with van der Waals surface area (Å²) >= 11 is 0. The first-order valence-corrected chi connectivity index (χ1v) is 4.76. The third-order valence-corrected chi connectivity index (χ3v) is 2.30. The van der Waals surface area contributed by atoms with Gasteiger partial charge in [0.2, 0.25) is 0 Å². The van der Waals surface area contributed by atoms with Gasteiger partial charge in [0.1, 0.15) is 11.7 Å². The van der Waals surface area contributed by atoms with E-state index in [1.165, 1.54) is 6.92 Å². The van der Waals surface area contributed by atoms with Gasteiger partial charge in [-0.2, -0.15) is 0 Å². The minimum atomic E-state index is -1.17. The van der Waals surface area contributed by atoms with Gasteiger partial charge in [-0.05, 0) is 13.3 Å². The lowest BCUT2D eigenvalue weighted by Gasteiger charge is -2.16. The first-order chi connectivity index (χ1) is 6.06. The van der Waals surface area contributed by atoms with Crippen molar-refractivity contribution in [3.63, 3.8) is 0 Å². The van der Waals surface area contributed by atoms with Gasteiger partial charge in [0.25, 0.3) is 0 Å². The summed E-state index contributed by atoms with van der Waals surface area (Å²) in [5.41, 5.74) is -1.17. The van der Waals surface area contributed by atoms with Crippen LogP contribution in [0, 0.1) is 5.41 Å². The Kier molecular flexibility index (Phi) is 5.35. The molecule has 13 heavy (non-hydrogen) atoms. The van der Waals surface area contributed by atoms with E-state index in [0.717, 1.165) is 25.7 Å². The van der Waals surface area contributed by atoms with Gasteiger partial charge in [-0.25, -0.2) is 0 Å². The fraction of sp³-hybridized carbons (Fsp3) is 0.800. The van der Waals surface area contributed by atoms with Crippen molar-refractivity contribution < 1.29 is 14.7 Å². The van der Waals surface area contributed by atoms with E-state index in [4.69, 9.17) is 5.11 Å². The van der Waals surface area contributed by atoms with Crippen LogP contribution in [-0.2, 0) is 9.59 Å². The van der Waals surface area contributed by atoms with Gasteiger partial charge in [-0.1, -0.05) is 32.6 Å². The topological polar surface area (TPSA) is 54.4 Å². The van der Waals surface area contributed by atoms with Crippen molar-refractivity contribution in [3.8, 4) is 0 Å². The Morgan fingerprint density at radius 2 is 2.00 bits per heavy atom. The normalized spacial score (nSPS) is 14.9. The summed E-state index contributed by atoms with van der Waals surface area (Å²) in [6.07, 6.45) is 5.04. The molecule has 0 rings (SSSR count). The van der Waals surface area contributed by atoms with Gasteiger partial charge in [-0.15, -0.1) is 0 Å². The molecule has 0 aliphatic carbocycles. The second-order valence-electron chi connectivity index (χ2n) is 3.65. The average Bonchev–Trinajstić information content (AvgIpc) is 2.12. The number of aliphatic carboxylic acids is 1. The standard InChI is InChI=1S/C10H18O3/c1-3-4-5-6-7-10(2,8-11)9(12)13/h8H,3-7H2,1-2H3,(H,12,13). The van der Waals surface area contributed by atoms with E-state index in [0.29, 0.717) is 12.7 Å². The van der Waals surface area contributed by atoms with Crippen molar-refractivity contribution in [1.29, 1.82) is 0 Å². The van der Waals surface area contributed by atoms with Crippen LogP contribution in [0.1, 0.15) is 46.0 Å². The number of unbranched alkanes of at least 4 members (excludes halogenated alkanes) is 3. The van der Waals surface area contributed by atoms with Gasteiger partial charge < -0.3 is 9.90 Å². The molecule has 1 N–H and O–H groups in total. The molecule has 0 amide bonds. The largest absolute Gasteiger partial charge is 0.481 e. The number of hydrogen-bond acceptors (Lipinski definition) is 2. The van der Waals surface area contributed by atoms with Crippen molar-refractivity contribution in [1.82, 2.24) is 0 Å². The van der Waals surface area contributed by atoms with Crippen LogP contribution >= 0.6 is 0 Å². The molecule has 0 aromatic rings. The summed E-state index contributed by atoms with van der Waals surface area (Å²) in [7, 11) is 0. The fourth-order valence-electron chi connectivity index (χ4n) is 1.14. The Morgan fingerprint density at radius 1 is 1.38 bits per heavy atom. The smallest absolute Gasteiger partial charge is 0.316 e. The van der Waals surface area contributed by atoms with E-state index in [2.05, 4.69) is 6.92 Å². The number of rotatable bonds is 7. The van der Waals surface area contributed by atoms with E-state index >= 15 is 0 Å². The van der Waals surface area contributed by atoms with Gasteiger partial charge in [0.05, 0.1) is 0 Å². The number of carboxylic acid groups (broad SMARTS) is 1. The van der Waals surface area contributed by atoms with E-state index in [-0.39, 0.29) is 0 Å². The van der Waals surface area contributed by atoms with Crippen molar-refractivity contribution in [2.45, 2.75) is 46.0 Å². The second-order valence-corrected chi connectivity index (χ2v) is 3.65. The Balaban J connectivity index is 3.85. The first kappa shape index (κ1) is 12.1. The third-order valence-electron chi connectivity index (χ3n) is 2.30. The van der Waals surface area contributed by atoms with E-state index in [1.807, 2.05) is 0 Å². The molecule has 0 aromatic heterocycles. The SMILES string of the molecule is CCCCCCC(C)(C=O)C(=O)O. The zero-order valence-corrected chi connectivity index (χ0v) is 8.38.